The molecule has 0 aliphatic heterocycles. The van der Waals surface area contributed by atoms with Crippen molar-refractivity contribution in [1.29, 1.82) is 0 Å². The number of benzene rings is 1. The maximum atomic E-state index is 9.57. The maximum Gasteiger partial charge on any atom is 0.119 e. The maximum absolute atomic E-state index is 9.57. The zero-order valence-corrected chi connectivity index (χ0v) is 8.40. The third-order valence-electron chi connectivity index (χ3n) is 2.22. The summed E-state index contributed by atoms with van der Waals surface area (Å²) in [5, 5.41) is 18.8. The highest BCUT2D eigenvalue weighted by molar-refractivity contribution is 5.35. The van der Waals surface area contributed by atoms with Crippen LogP contribution in [0.5, 0.6) is 5.75 Å². The number of hydrogen-bond acceptors (Lipinski definition) is 2. The van der Waals surface area contributed by atoms with E-state index in [4.69, 9.17) is 0 Å². The van der Waals surface area contributed by atoms with Crippen molar-refractivity contribution in [1.82, 2.24) is 0 Å². The van der Waals surface area contributed by atoms with Crippen molar-refractivity contribution in [3.8, 4) is 5.75 Å². The monoisotopic (exact) mass is 192 g/mol. The van der Waals surface area contributed by atoms with Crippen molar-refractivity contribution in [2.45, 2.75) is 25.9 Å². The molecule has 0 aromatic heterocycles. The largest absolute Gasteiger partial charge is 0.508 e. The molecule has 2 N–H and O–H groups in total. The fourth-order valence-corrected chi connectivity index (χ4v) is 1.31. The van der Waals surface area contributed by atoms with Crippen molar-refractivity contribution in [3.05, 3.63) is 42.0 Å². The minimum absolute atomic E-state index is 0.307. The number of phenolic OH excluding ortho intramolecular Hbond substituents is 1. The number of aliphatic hydroxyl groups is 1. The van der Waals surface area contributed by atoms with Gasteiger partial charge in [0.1, 0.15) is 5.75 Å². The number of aromatic hydroxyl groups is 1. The van der Waals surface area contributed by atoms with Gasteiger partial charge in [0.15, 0.2) is 0 Å². The molecule has 0 fully saturated rings. The smallest absolute Gasteiger partial charge is 0.119 e. The molecule has 1 rings (SSSR count). The summed E-state index contributed by atoms with van der Waals surface area (Å²) in [5.41, 5.74) is 1.91. The molecule has 0 radical (unpaired) electrons. The molecule has 0 spiro atoms. The standard InChI is InChI=1S/C12H16O2/c1-3-11(13)7-6-10-5-4-9(2)8-12(10)14/h3-5,8,11,13-14H,1,6-7H2,2H3. The van der Waals surface area contributed by atoms with Crippen molar-refractivity contribution in [2.75, 3.05) is 0 Å². The average molecular weight is 192 g/mol. The molecule has 76 valence electrons. The van der Waals surface area contributed by atoms with Gasteiger partial charge in [0.2, 0.25) is 0 Å². The van der Waals surface area contributed by atoms with E-state index < -0.39 is 6.10 Å². The van der Waals surface area contributed by atoms with Gasteiger partial charge in [0.25, 0.3) is 0 Å². The summed E-state index contributed by atoms with van der Waals surface area (Å²) < 4.78 is 0. The first kappa shape index (κ1) is 10.8. The first-order valence-corrected chi connectivity index (χ1v) is 4.72. The lowest BCUT2D eigenvalue weighted by atomic mass is 10.0. The van der Waals surface area contributed by atoms with Gasteiger partial charge in [-0.15, -0.1) is 6.58 Å². The Morgan fingerprint density at radius 1 is 1.50 bits per heavy atom. The van der Waals surface area contributed by atoms with Crippen LogP contribution in [-0.4, -0.2) is 16.3 Å². The lowest BCUT2D eigenvalue weighted by Crippen LogP contribution is -2.03. The molecule has 0 bridgehead atoms. The van der Waals surface area contributed by atoms with Crippen molar-refractivity contribution < 1.29 is 10.2 Å². The van der Waals surface area contributed by atoms with E-state index in [1.807, 2.05) is 19.1 Å². The van der Waals surface area contributed by atoms with Crippen LogP contribution in [0.3, 0.4) is 0 Å². The van der Waals surface area contributed by atoms with Gasteiger partial charge in [-0.1, -0.05) is 18.2 Å². The molecule has 0 heterocycles. The fourth-order valence-electron chi connectivity index (χ4n) is 1.31. The van der Waals surface area contributed by atoms with Crippen LogP contribution in [0.1, 0.15) is 17.5 Å². The molecular formula is C12H16O2. The topological polar surface area (TPSA) is 40.5 Å². The van der Waals surface area contributed by atoms with E-state index in [0.717, 1.165) is 11.1 Å². The van der Waals surface area contributed by atoms with Gasteiger partial charge in [-0.3, -0.25) is 0 Å². The van der Waals surface area contributed by atoms with Crippen LogP contribution >= 0.6 is 0 Å². The van der Waals surface area contributed by atoms with Crippen molar-refractivity contribution in [3.63, 3.8) is 0 Å². The normalized spacial score (nSPS) is 12.4. The number of hydrogen-bond donors (Lipinski definition) is 2. The van der Waals surface area contributed by atoms with E-state index in [-0.39, 0.29) is 0 Å². The summed E-state index contributed by atoms with van der Waals surface area (Å²) in [6, 6.07) is 5.57. The lowest BCUT2D eigenvalue weighted by molar-refractivity contribution is 0.213. The molecule has 1 aromatic rings. The van der Waals surface area contributed by atoms with Gasteiger partial charge in [0, 0.05) is 0 Å². The highest BCUT2D eigenvalue weighted by Crippen LogP contribution is 2.20. The quantitative estimate of drug-likeness (QED) is 0.718. The number of phenols is 1. The Morgan fingerprint density at radius 2 is 2.21 bits per heavy atom. The van der Waals surface area contributed by atoms with Crippen LogP contribution in [0, 0.1) is 6.92 Å². The highest BCUT2D eigenvalue weighted by atomic mass is 16.3. The van der Waals surface area contributed by atoms with Crippen LogP contribution in [0.2, 0.25) is 0 Å². The molecule has 14 heavy (non-hydrogen) atoms. The minimum Gasteiger partial charge on any atom is -0.508 e. The molecule has 1 aromatic carbocycles. The van der Waals surface area contributed by atoms with Crippen LogP contribution < -0.4 is 0 Å². The molecule has 1 unspecified atom stereocenters. The van der Waals surface area contributed by atoms with Crippen LogP contribution in [0.4, 0.5) is 0 Å². The second-order valence-electron chi connectivity index (χ2n) is 3.47. The summed E-state index contributed by atoms with van der Waals surface area (Å²) >= 11 is 0. The van der Waals surface area contributed by atoms with Crippen LogP contribution in [0.25, 0.3) is 0 Å². The molecule has 0 amide bonds. The third-order valence-corrected chi connectivity index (χ3v) is 2.22. The van der Waals surface area contributed by atoms with E-state index in [9.17, 15) is 10.2 Å². The van der Waals surface area contributed by atoms with E-state index in [0.29, 0.717) is 18.6 Å². The zero-order chi connectivity index (χ0) is 10.6. The van der Waals surface area contributed by atoms with E-state index in [2.05, 4.69) is 6.58 Å². The predicted molar refractivity (Wildman–Crippen MR) is 57.4 cm³/mol. The molecule has 0 aliphatic carbocycles. The zero-order valence-electron chi connectivity index (χ0n) is 8.40. The van der Waals surface area contributed by atoms with Gasteiger partial charge < -0.3 is 10.2 Å². The second kappa shape index (κ2) is 4.82. The predicted octanol–water partition coefficient (Wildman–Crippen LogP) is 2.18. The van der Waals surface area contributed by atoms with E-state index >= 15 is 0 Å². The third kappa shape index (κ3) is 2.89. The van der Waals surface area contributed by atoms with Gasteiger partial charge in [-0.25, -0.2) is 0 Å². The number of aliphatic hydroxyl groups excluding tert-OH is 1. The number of rotatable bonds is 4. The Morgan fingerprint density at radius 3 is 2.79 bits per heavy atom. The molecule has 0 saturated carbocycles. The second-order valence-corrected chi connectivity index (χ2v) is 3.47. The highest BCUT2D eigenvalue weighted by Gasteiger charge is 2.03. The average Bonchev–Trinajstić information content (AvgIpc) is 2.16. The Hall–Kier alpha value is -1.28. The Balaban J connectivity index is 2.63. The van der Waals surface area contributed by atoms with Crippen molar-refractivity contribution >= 4 is 0 Å². The Kier molecular flexibility index (Phi) is 3.72. The first-order chi connectivity index (χ1) is 6.63. The molecule has 0 saturated heterocycles. The van der Waals surface area contributed by atoms with Crippen molar-refractivity contribution in [2.24, 2.45) is 0 Å². The summed E-state index contributed by atoms with van der Waals surface area (Å²) in [6.07, 6.45) is 2.28. The molecular weight excluding hydrogens is 176 g/mol. The summed E-state index contributed by atoms with van der Waals surface area (Å²) in [4.78, 5) is 0. The van der Waals surface area contributed by atoms with Gasteiger partial charge in [0.05, 0.1) is 6.10 Å². The first-order valence-electron chi connectivity index (χ1n) is 4.72. The van der Waals surface area contributed by atoms with Gasteiger partial charge >= 0.3 is 0 Å². The molecule has 1 atom stereocenters. The Labute approximate surface area is 84.5 Å². The van der Waals surface area contributed by atoms with Crippen LogP contribution in [-0.2, 0) is 6.42 Å². The van der Waals surface area contributed by atoms with Gasteiger partial charge in [-0.2, -0.15) is 0 Å². The summed E-state index contributed by atoms with van der Waals surface area (Å²) in [7, 11) is 0. The fraction of sp³-hybridized carbons (Fsp3) is 0.333. The molecule has 2 nitrogen and oxygen atoms in total. The van der Waals surface area contributed by atoms with E-state index in [1.54, 1.807) is 6.07 Å². The Bertz CT molecular complexity index is 318. The lowest BCUT2D eigenvalue weighted by Gasteiger charge is -2.07. The molecule has 0 aliphatic rings. The van der Waals surface area contributed by atoms with Crippen LogP contribution in [0.15, 0.2) is 30.9 Å². The summed E-state index contributed by atoms with van der Waals surface area (Å²) in [5.74, 6) is 0.307. The van der Waals surface area contributed by atoms with Gasteiger partial charge in [-0.05, 0) is 37.0 Å². The SMILES string of the molecule is C=CC(O)CCc1ccc(C)cc1O. The minimum atomic E-state index is -0.490. The summed E-state index contributed by atoms with van der Waals surface area (Å²) in [6.45, 7) is 5.43. The van der Waals surface area contributed by atoms with E-state index in [1.165, 1.54) is 6.08 Å². The number of aryl methyl sites for hydroxylation is 2. The molecule has 2 heteroatoms.